The fourth-order valence-electron chi connectivity index (χ4n) is 4.35. The van der Waals surface area contributed by atoms with Gasteiger partial charge in [0.15, 0.2) is 28.9 Å². The Morgan fingerprint density at radius 3 is 2.84 bits per heavy atom. The molecule has 5 aromatic rings. The Balaban J connectivity index is 1.27. The molecule has 14 nitrogen and oxygen atoms in total. The van der Waals surface area contributed by atoms with Crippen molar-refractivity contribution in [2.75, 3.05) is 41.8 Å². The molecule has 1 saturated heterocycles. The average Bonchev–Trinajstić information content (AvgIpc) is 3.57. The number of anilines is 5. The number of rotatable bonds is 8. The van der Waals surface area contributed by atoms with Gasteiger partial charge in [0.05, 0.1) is 18.4 Å². The summed E-state index contributed by atoms with van der Waals surface area (Å²) in [5.74, 6) is 3.61. The summed E-state index contributed by atoms with van der Waals surface area (Å²) >= 11 is 0. The molecule has 194 valence electrons. The maximum absolute atomic E-state index is 9.21. The third kappa shape index (κ3) is 4.94. The molecule has 6 rings (SSSR count). The number of nitrogens with one attached hydrogen (secondary N) is 3. The number of aliphatic hydroxyl groups excluding tert-OH is 1. The summed E-state index contributed by atoms with van der Waals surface area (Å²) in [4.78, 5) is 16.0. The Hall–Kier alpha value is -4.69. The van der Waals surface area contributed by atoms with Gasteiger partial charge in [0.25, 0.3) is 0 Å². The quantitative estimate of drug-likeness (QED) is 0.238. The van der Waals surface area contributed by atoms with Gasteiger partial charge in [-0.15, -0.1) is 10.2 Å². The van der Waals surface area contributed by atoms with E-state index in [1.54, 1.807) is 16.9 Å². The molecule has 0 spiro atoms. The second kappa shape index (κ2) is 10.4. The van der Waals surface area contributed by atoms with Crippen molar-refractivity contribution in [2.45, 2.75) is 19.4 Å². The standard InChI is InChI=1S/C24H26N12O2/c1-15-27-17(23-24(30-19-6-9-25-32-19)31-21-3-2-8-26-36(21)23)13-20(28-15)29-18-4-5-22(34-33-18)35-10-12-38-16(14-35)7-11-37/h2-6,8-9,13,16,37H,7,10-12,14H2,1H3,(H2,25,30,32)(H,27,28,29,33). The van der Waals surface area contributed by atoms with Gasteiger partial charge in [0.1, 0.15) is 17.3 Å². The predicted octanol–water partition coefficient (Wildman–Crippen LogP) is 2.08. The number of imidazole rings is 1. The first-order valence-corrected chi connectivity index (χ1v) is 12.2. The highest BCUT2D eigenvalue weighted by atomic mass is 16.5. The van der Waals surface area contributed by atoms with Crippen LogP contribution in [0.15, 0.2) is 48.8 Å². The Labute approximate surface area is 217 Å². The van der Waals surface area contributed by atoms with Crippen LogP contribution in [0.3, 0.4) is 0 Å². The Morgan fingerprint density at radius 1 is 1.08 bits per heavy atom. The highest BCUT2D eigenvalue weighted by Crippen LogP contribution is 2.30. The van der Waals surface area contributed by atoms with Gasteiger partial charge in [0, 0.05) is 44.2 Å². The molecule has 1 aliphatic rings. The van der Waals surface area contributed by atoms with Crippen molar-refractivity contribution in [3.8, 4) is 11.4 Å². The normalized spacial score (nSPS) is 15.6. The second-order valence-electron chi connectivity index (χ2n) is 8.73. The van der Waals surface area contributed by atoms with Crippen LogP contribution in [-0.2, 0) is 4.74 Å². The summed E-state index contributed by atoms with van der Waals surface area (Å²) in [7, 11) is 0. The molecule has 5 aromatic heterocycles. The monoisotopic (exact) mass is 514 g/mol. The van der Waals surface area contributed by atoms with Crippen molar-refractivity contribution in [1.29, 1.82) is 0 Å². The third-order valence-corrected chi connectivity index (χ3v) is 6.04. The van der Waals surface area contributed by atoms with Crippen molar-refractivity contribution in [3.05, 3.63) is 54.6 Å². The molecule has 6 heterocycles. The lowest BCUT2D eigenvalue weighted by Gasteiger charge is -2.33. The fourth-order valence-corrected chi connectivity index (χ4v) is 4.35. The summed E-state index contributed by atoms with van der Waals surface area (Å²) in [5, 5.41) is 35.9. The summed E-state index contributed by atoms with van der Waals surface area (Å²) in [6.07, 6.45) is 4.00. The molecule has 0 aromatic carbocycles. The number of morpholine rings is 1. The van der Waals surface area contributed by atoms with E-state index in [2.05, 4.69) is 56.0 Å². The SMILES string of the molecule is Cc1nc(Nc2ccc(N3CCOC(CCO)C3)nn2)cc(-c2c(Nc3cc[nH]n3)nc3cccnn23)n1. The number of aromatic amines is 1. The van der Waals surface area contributed by atoms with Gasteiger partial charge in [-0.3, -0.25) is 5.10 Å². The van der Waals surface area contributed by atoms with Gasteiger partial charge in [-0.25, -0.2) is 19.5 Å². The highest BCUT2D eigenvalue weighted by Gasteiger charge is 2.22. The van der Waals surface area contributed by atoms with Crippen LogP contribution < -0.4 is 15.5 Å². The van der Waals surface area contributed by atoms with Crippen molar-refractivity contribution < 1.29 is 9.84 Å². The summed E-state index contributed by atoms with van der Waals surface area (Å²) < 4.78 is 7.42. The highest BCUT2D eigenvalue weighted by molar-refractivity contribution is 5.78. The number of ether oxygens (including phenoxy) is 1. The van der Waals surface area contributed by atoms with Crippen molar-refractivity contribution in [2.24, 2.45) is 0 Å². The van der Waals surface area contributed by atoms with Gasteiger partial charge in [-0.05, 0) is 37.6 Å². The minimum absolute atomic E-state index is 0.0164. The Bertz CT molecular complexity index is 1520. The van der Waals surface area contributed by atoms with Gasteiger partial charge >= 0.3 is 0 Å². The minimum Gasteiger partial charge on any atom is -0.396 e. The molecule has 1 fully saturated rings. The molecule has 14 heteroatoms. The van der Waals surface area contributed by atoms with E-state index in [1.807, 2.05) is 43.3 Å². The fraction of sp³-hybridized carbons (Fsp3) is 0.292. The number of aryl methyl sites for hydroxylation is 1. The molecular formula is C24H26N12O2. The number of aromatic nitrogens is 9. The topological polar surface area (TPSA) is 167 Å². The average molecular weight is 515 g/mol. The molecule has 0 amide bonds. The summed E-state index contributed by atoms with van der Waals surface area (Å²) in [6.45, 7) is 3.89. The molecule has 0 saturated carbocycles. The first-order chi connectivity index (χ1) is 18.7. The third-order valence-electron chi connectivity index (χ3n) is 6.04. The lowest BCUT2D eigenvalue weighted by atomic mass is 10.2. The molecule has 4 N–H and O–H groups in total. The number of hydrogen-bond acceptors (Lipinski definition) is 12. The maximum Gasteiger partial charge on any atom is 0.162 e. The van der Waals surface area contributed by atoms with E-state index in [-0.39, 0.29) is 12.7 Å². The van der Waals surface area contributed by atoms with Gasteiger partial charge < -0.3 is 25.4 Å². The van der Waals surface area contributed by atoms with Gasteiger partial charge in [-0.2, -0.15) is 10.2 Å². The number of fused-ring (bicyclic) bond motifs is 1. The van der Waals surface area contributed by atoms with Crippen LogP contribution >= 0.6 is 0 Å². The zero-order chi connectivity index (χ0) is 25.9. The minimum atomic E-state index is -0.0164. The van der Waals surface area contributed by atoms with E-state index < -0.39 is 0 Å². The molecule has 1 atom stereocenters. The maximum atomic E-state index is 9.21. The smallest absolute Gasteiger partial charge is 0.162 e. The largest absolute Gasteiger partial charge is 0.396 e. The zero-order valence-electron chi connectivity index (χ0n) is 20.6. The van der Waals surface area contributed by atoms with E-state index >= 15 is 0 Å². The van der Waals surface area contributed by atoms with Crippen LogP contribution in [0.5, 0.6) is 0 Å². The van der Waals surface area contributed by atoms with E-state index in [0.717, 1.165) is 12.4 Å². The lowest BCUT2D eigenvalue weighted by molar-refractivity contribution is 0.0244. The summed E-state index contributed by atoms with van der Waals surface area (Å²) in [6, 6.07) is 11.1. The molecule has 38 heavy (non-hydrogen) atoms. The van der Waals surface area contributed by atoms with Crippen LogP contribution in [0.25, 0.3) is 17.0 Å². The molecule has 0 aliphatic carbocycles. The first-order valence-electron chi connectivity index (χ1n) is 12.2. The summed E-state index contributed by atoms with van der Waals surface area (Å²) in [5.41, 5.74) is 1.96. The Kier molecular flexibility index (Phi) is 6.46. The lowest BCUT2D eigenvalue weighted by Crippen LogP contribution is -2.43. The molecule has 0 bridgehead atoms. The van der Waals surface area contributed by atoms with E-state index in [9.17, 15) is 5.11 Å². The zero-order valence-corrected chi connectivity index (χ0v) is 20.6. The second-order valence-corrected chi connectivity index (χ2v) is 8.73. The predicted molar refractivity (Wildman–Crippen MR) is 140 cm³/mol. The number of hydrogen-bond donors (Lipinski definition) is 4. The molecule has 1 aliphatic heterocycles. The number of H-pyrrole nitrogens is 1. The van der Waals surface area contributed by atoms with Crippen LogP contribution in [-0.4, -0.2) is 82.5 Å². The van der Waals surface area contributed by atoms with Gasteiger partial charge in [0.2, 0.25) is 0 Å². The van der Waals surface area contributed by atoms with E-state index in [0.29, 0.717) is 65.7 Å². The van der Waals surface area contributed by atoms with Crippen LogP contribution in [0.2, 0.25) is 0 Å². The van der Waals surface area contributed by atoms with Crippen molar-refractivity contribution in [3.63, 3.8) is 0 Å². The number of aliphatic hydroxyl groups is 1. The number of nitrogens with zero attached hydrogens (tertiary/aromatic N) is 9. The van der Waals surface area contributed by atoms with Crippen LogP contribution in [0.4, 0.5) is 29.1 Å². The first kappa shape index (κ1) is 23.7. The van der Waals surface area contributed by atoms with Crippen molar-refractivity contribution >= 4 is 34.7 Å². The molecular weight excluding hydrogens is 488 g/mol. The van der Waals surface area contributed by atoms with Crippen LogP contribution in [0.1, 0.15) is 12.2 Å². The van der Waals surface area contributed by atoms with Crippen molar-refractivity contribution in [1.82, 2.24) is 45.0 Å². The molecule has 0 radical (unpaired) electrons. The van der Waals surface area contributed by atoms with Crippen LogP contribution in [0, 0.1) is 6.92 Å². The van der Waals surface area contributed by atoms with Gasteiger partial charge in [-0.1, -0.05) is 0 Å². The van der Waals surface area contributed by atoms with E-state index in [1.165, 1.54) is 0 Å². The Morgan fingerprint density at radius 2 is 2.03 bits per heavy atom. The van der Waals surface area contributed by atoms with E-state index in [4.69, 9.17) is 4.74 Å². The molecule has 1 unspecified atom stereocenters.